The molecule has 1 fully saturated rings. The van der Waals surface area contributed by atoms with E-state index in [0.29, 0.717) is 10.1 Å². The van der Waals surface area contributed by atoms with Crippen LogP contribution in [0.25, 0.3) is 0 Å². The van der Waals surface area contributed by atoms with Gasteiger partial charge in [-0.3, -0.25) is 4.90 Å². The molecule has 2 aliphatic rings. The number of halogens is 3. The van der Waals surface area contributed by atoms with Crippen molar-refractivity contribution >= 4 is 46.5 Å². The average Bonchev–Trinajstić information content (AvgIpc) is 2.75. The third-order valence-corrected chi connectivity index (χ3v) is 6.67. The molecule has 2 aromatic carbocycles. The third kappa shape index (κ3) is 5.64. The lowest BCUT2D eigenvalue weighted by atomic mass is 9.89. The largest absolute Gasteiger partial charge is 0.335 e. The number of piperidine rings is 1. The van der Waals surface area contributed by atoms with Crippen molar-refractivity contribution in [2.75, 3.05) is 11.9 Å². The van der Waals surface area contributed by atoms with E-state index in [1.54, 1.807) is 0 Å². The summed E-state index contributed by atoms with van der Waals surface area (Å²) >= 11 is 18.9. The smallest absolute Gasteiger partial charge is 0.319 e. The predicted octanol–water partition coefficient (Wildman–Crippen LogP) is 6.68. The highest BCUT2D eigenvalue weighted by atomic mass is 35.5. The number of nitrogens with zero attached hydrogens (tertiary/aromatic N) is 1. The van der Waals surface area contributed by atoms with Gasteiger partial charge in [0.1, 0.15) is 0 Å². The molecule has 0 aromatic heterocycles. The molecular weight excluding hydrogens is 453 g/mol. The second-order valence-corrected chi connectivity index (χ2v) is 9.17. The van der Waals surface area contributed by atoms with Gasteiger partial charge < -0.3 is 10.6 Å². The van der Waals surface area contributed by atoms with Crippen LogP contribution in [0, 0.1) is 0 Å². The molecule has 4 rings (SSSR count). The lowest BCUT2D eigenvalue weighted by Gasteiger charge is -2.44. The fraction of sp³-hybridized carbons (Fsp3) is 0.292. The summed E-state index contributed by atoms with van der Waals surface area (Å²) in [5.41, 5.74) is 1.93. The first-order valence-electron chi connectivity index (χ1n) is 10.4. The van der Waals surface area contributed by atoms with Gasteiger partial charge in [0.2, 0.25) is 0 Å². The lowest BCUT2D eigenvalue weighted by molar-refractivity contribution is 0.0977. The molecule has 1 aliphatic carbocycles. The Morgan fingerprint density at radius 1 is 0.968 bits per heavy atom. The van der Waals surface area contributed by atoms with Gasteiger partial charge in [-0.05, 0) is 55.2 Å². The van der Waals surface area contributed by atoms with E-state index in [2.05, 4.69) is 27.7 Å². The Morgan fingerprint density at radius 3 is 2.42 bits per heavy atom. The third-order valence-electron chi connectivity index (χ3n) is 5.80. The van der Waals surface area contributed by atoms with Gasteiger partial charge in [0.25, 0.3) is 0 Å². The van der Waals surface area contributed by atoms with E-state index in [-0.39, 0.29) is 24.2 Å². The van der Waals surface area contributed by atoms with Crippen molar-refractivity contribution in [3.05, 3.63) is 87.4 Å². The fourth-order valence-electron chi connectivity index (χ4n) is 4.29. The number of benzene rings is 2. The maximum atomic E-state index is 12.5. The minimum Gasteiger partial charge on any atom is -0.335 e. The van der Waals surface area contributed by atoms with E-state index in [4.69, 9.17) is 34.8 Å². The van der Waals surface area contributed by atoms with Crippen LogP contribution >= 0.6 is 34.8 Å². The number of hydrogen-bond donors (Lipinski definition) is 2. The topological polar surface area (TPSA) is 44.4 Å². The predicted molar refractivity (Wildman–Crippen MR) is 129 cm³/mol. The van der Waals surface area contributed by atoms with Crippen molar-refractivity contribution < 1.29 is 4.79 Å². The van der Waals surface area contributed by atoms with Gasteiger partial charge in [0.15, 0.2) is 0 Å². The average molecular weight is 477 g/mol. The quantitative estimate of drug-likeness (QED) is 0.516. The van der Waals surface area contributed by atoms with E-state index in [1.807, 2.05) is 54.6 Å². The highest BCUT2D eigenvalue weighted by Gasteiger charge is 2.36. The Bertz CT molecular complexity index is 975. The molecule has 0 saturated carbocycles. The van der Waals surface area contributed by atoms with Crippen molar-refractivity contribution in [3.8, 4) is 0 Å². The molecule has 2 N–H and O–H groups in total. The van der Waals surface area contributed by atoms with Crippen molar-refractivity contribution in [2.45, 2.75) is 37.4 Å². The molecule has 7 heteroatoms. The molecule has 2 aromatic rings. The summed E-state index contributed by atoms with van der Waals surface area (Å²) in [6.45, 7) is 0.809. The Hall–Kier alpha value is -1.98. The van der Waals surface area contributed by atoms with Crippen LogP contribution in [-0.4, -0.2) is 29.6 Å². The maximum Gasteiger partial charge on any atom is 0.319 e. The van der Waals surface area contributed by atoms with E-state index in [1.165, 1.54) is 0 Å². The number of likely N-dealkylation sites (tertiary alicyclic amines) is 1. The van der Waals surface area contributed by atoms with Gasteiger partial charge in [-0.1, -0.05) is 71.2 Å². The van der Waals surface area contributed by atoms with Crippen LogP contribution in [0.5, 0.6) is 0 Å². The molecule has 3 atom stereocenters. The minimum absolute atomic E-state index is 0.0473. The maximum absolute atomic E-state index is 12.5. The Balaban J connectivity index is 1.49. The molecule has 1 heterocycles. The van der Waals surface area contributed by atoms with Crippen LogP contribution in [-0.2, 0) is 0 Å². The first-order valence-corrected chi connectivity index (χ1v) is 11.5. The summed E-state index contributed by atoms with van der Waals surface area (Å²) in [7, 11) is 0. The number of hydrogen-bond acceptors (Lipinski definition) is 2. The van der Waals surface area contributed by atoms with Crippen molar-refractivity contribution in [1.82, 2.24) is 10.2 Å². The SMILES string of the molecule is O=C(Nc1ccccc1)NC1CCN(C2CC=C(Cl)C=C2Cl)C(c2ccc(Cl)cc2)C1. The van der Waals surface area contributed by atoms with Crippen LogP contribution in [0.2, 0.25) is 5.02 Å². The first-order chi connectivity index (χ1) is 15.0. The molecular formula is C24H24Cl3N3O. The summed E-state index contributed by atoms with van der Waals surface area (Å²) in [4.78, 5) is 14.9. The molecule has 3 unspecified atom stereocenters. The summed E-state index contributed by atoms with van der Waals surface area (Å²) < 4.78 is 0. The fourth-order valence-corrected chi connectivity index (χ4v) is 5.01. The second kappa shape index (κ2) is 10.1. The summed E-state index contributed by atoms with van der Waals surface area (Å²) in [6, 6.07) is 17.4. The highest BCUT2D eigenvalue weighted by Crippen LogP contribution is 2.38. The molecule has 0 radical (unpaired) electrons. The number of carbonyl (C=O) groups is 1. The Morgan fingerprint density at radius 2 is 1.71 bits per heavy atom. The van der Waals surface area contributed by atoms with Crippen molar-refractivity contribution in [2.24, 2.45) is 0 Å². The number of carbonyl (C=O) groups excluding carboxylic acids is 1. The van der Waals surface area contributed by atoms with Crippen LogP contribution in [0.4, 0.5) is 10.5 Å². The van der Waals surface area contributed by atoms with E-state index in [0.717, 1.165) is 42.1 Å². The zero-order valence-corrected chi connectivity index (χ0v) is 19.2. The zero-order valence-electron chi connectivity index (χ0n) is 16.9. The number of rotatable bonds is 4. The first kappa shape index (κ1) is 22.2. The molecule has 2 amide bonds. The zero-order chi connectivity index (χ0) is 21.8. The molecule has 0 bridgehead atoms. The number of anilines is 1. The van der Waals surface area contributed by atoms with Crippen molar-refractivity contribution in [1.29, 1.82) is 0 Å². The molecule has 1 saturated heterocycles. The van der Waals surface area contributed by atoms with Gasteiger partial charge in [-0.2, -0.15) is 0 Å². The molecule has 0 spiro atoms. The summed E-state index contributed by atoms with van der Waals surface area (Å²) in [5, 5.41) is 8.17. The molecule has 162 valence electrons. The standard InChI is InChI=1S/C24H24Cl3N3O/c25-17-8-6-16(7-9-17)23-15-20(29-24(31)28-19-4-2-1-3-5-19)12-13-30(23)22-11-10-18(26)14-21(22)27/h1-10,14,20,22-23H,11-13,15H2,(H2,28,29,31). The van der Waals surface area contributed by atoms with Gasteiger partial charge in [-0.25, -0.2) is 4.79 Å². The number of urea groups is 1. The van der Waals surface area contributed by atoms with Crippen LogP contribution in [0.1, 0.15) is 30.9 Å². The number of amides is 2. The number of para-hydroxylation sites is 1. The summed E-state index contributed by atoms with van der Waals surface area (Å²) in [5.74, 6) is 0. The van der Waals surface area contributed by atoms with E-state index >= 15 is 0 Å². The second-order valence-electron chi connectivity index (χ2n) is 7.86. The molecule has 1 aliphatic heterocycles. The highest BCUT2D eigenvalue weighted by molar-refractivity contribution is 6.35. The number of allylic oxidation sites excluding steroid dienone is 2. The van der Waals surface area contributed by atoms with Crippen LogP contribution in [0.3, 0.4) is 0 Å². The normalized spacial score (nSPS) is 24.2. The Labute approximate surface area is 197 Å². The van der Waals surface area contributed by atoms with Gasteiger partial charge >= 0.3 is 6.03 Å². The van der Waals surface area contributed by atoms with Gasteiger partial charge in [-0.15, -0.1) is 0 Å². The lowest BCUT2D eigenvalue weighted by Crippen LogP contribution is -2.50. The summed E-state index contributed by atoms with van der Waals surface area (Å²) in [6.07, 6.45) is 6.22. The monoisotopic (exact) mass is 475 g/mol. The van der Waals surface area contributed by atoms with Crippen molar-refractivity contribution in [3.63, 3.8) is 0 Å². The van der Waals surface area contributed by atoms with E-state index in [9.17, 15) is 4.79 Å². The van der Waals surface area contributed by atoms with Crippen LogP contribution in [0.15, 0.2) is 76.8 Å². The molecule has 31 heavy (non-hydrogen) atoms. The Kier molecular flexibility index (Phi) is 7.24. The van der Waals surface area contributed by atoms with Crippen LogP contribution < -0.4 is 10.6 Å². The van der Waals surface area contributed by atoms with Gasteiger partial charge in [0, 0.05) is 45.4 Å². The number of nitrogens with one attached hydrogen (secondary N) is 2. The van der Waals surface area contributed by atoms with E-state index < -0.39 is 0 Å². The molecule has 4 nitrogen and oxygen atoms in total. The van der Waals surface area contributed by atoms with Gasteiger partial charge in [0.05, 0.1) is 0 Å². The minimum atomic E-state index is -0.190.